The van der Waals surface area contributed by atoms with Crippen molar-refractivity contribution < 1.29 is 56.8 Å². The van der Waals surface area contributed by atoms with Gasteiger partial charge in [-0.05, 0) is 95.3 Å². The third-order valence-electron chi connectivity index (χ3n) is 6.86. The molecule has 16 nitrogen and oxygen atoms in total. The second-order valence-corrected chi connectivity index (χ2v) is 18.3. The Kier molecular flexibility index (Phi) is 30.2. The zero-order valence-corrected chi connectivity index (χ0v) is 39.4. The lowest BCUT2D eigenvalue weighted by molar-refractivity contribution is -0.146. The van der Waals surface area contributed by atoms with Gasteiger partial charge < -0.3 is 34.4 Å². The molecule has 0 radical (unpaired) electrons. The van der Waals surface area contributed by atoms with Gasteiger partial charge in [0.15, 0.2) is 5.78 Å². The Morgan fingerprint density at radius 3 is 1.51 bits per heavy atom. The number of esters is 2. The summed E-state index contributed by atoms with van der Waals surface area (Å²) in [6, 6.07) is 17.5. The van der Waals surface area contributed by atoms with Crippen molar-refractivity contribution in [3.8, 4) is 0 Å². The van der Waals surface area contributed by atoms with Crippen LogP contribution in [0.15, 0.2) is 65.8 Å². The molecule has 2 atom stereocenters. The number of halogens is 2. The van der Waals surface area contributed by atoms with E-state index in [-0.39, 0.29) is 56.5 Å². The molecule has 0 unspecified atom stereocenters. The minimum Gasteiger partial charge on any atom is -0.464 e. The number of nitrogens with zero attached hydrogens (tertiary/aromatic N) is 1. The van der Waals surface area contributed by atoms with Crippen molar-refractivity contribution in [2.45, 2.75) is 118 Å². The molecular weight excluding hydrogens is 855 g/mol. The van der Waals surface area contributed by atoms with Crippen molar-refractivity contribution in [3.63, 3.8) is 0 Å². The number of nitrogens with one attached hydrogen (secondary N) is 2. The van der Waals surface area contributed by atoms with Gasteiger partial charge in [-0.15, -0.1) is 24.0 Å². The van der Waals surface area contributed by atoms with E-state index >= 15 is 0 Å². The maximum absolute atomic E-state index is 12.1. The molecule has 0 aliphatic carbocycles. The number of oxime groups is 1. The molecule has 19 heteroatoms. The van der Waals surface area contributed by atoms with Gasteiger partial charge in [0.1, 0.15) is 29.9 Å². The average Bonchev–Trinajstić information content (AvgIpc) is 3.13. The van der Waals surface area contributed by atoms with Crippen LogP contribution in [0.25, 0.3) is 0 Å². The monoisotopic (exact) mass is 920 g/mol. The molecule has 0 aliphatic heterocycles. The van der Waals surface area contributed by atoms with Crippen LogP contribution < -0.4 is 16.5 Å². The topological polar surface area (TPSA) is 220 Å². The summed E-state index contributed by atoms with van der Waals surface area (Å²) < 4.78 is 31.8. The second-order valence-electron chi connectivity index (χ2n) is 15.2. The van der Waals surface area contributed by atoms with Crippen LogP contribution in [0.3, 0.4) is 0 Å². The zero-order chi connectivity index (χ0) is 45.8. The molecule has 2 aromatic carbocycles. The predicted octanol–water partition coefficient (Wildman–Crippen LogP) is 6.67. The molecule has 0 saturated heterocycles. The van der Waals surface area contributed by atoms with Crippen molar-refractivity contribution >= 4 is 74.5 Å². The normalized spacial score (nSPS) is 12.2. The first-order valence-corrected chi connectivity index (χ1v) is 22.3. The first-order valence-electron chi connectivity index (χ1n) is 19.3. The first-order chi connectivity index (χ1) is 28.0. The summed E-state index contributed by atoms with van der Waals surface area (Å²) in [5.74, 6) is 3.49. The van der Waals surface area contributed by atoms with Crippen LogP contribution in [0.2, 0.25) is 0 Å². The molecule has 0 aliphatic rings. The van der Waals surface area contributed by atoms with Crippen LogP contribution in [0.4, 0.5) is 9.59 Å². The third-order valence-corrected chi connectivity index (χ3v) is 7.99. The number of amides is 2. The Bertz CT molecular complexity index is 1740. The highest BCUT2D eigenvalue weighted by Crippen LogP contribution is 2.11. The quantitative estimate of drug-likeness (QED) is 0.0335. The number of ether oxygens (including phenoxy) is 4. The summed E-state index contributed by atoms with van der Waals surface area (Å²) in [5.41, 5.74) is 1.27. The molecule has 2 rings (SSSR count). The number of carbonyl (C=O) groups is 5. The number of carbonyl (C=O) groups excluding carboxylic acids is 5. The molecule has 0 saturated carbocycles. The van der Waals surface area contributed by atoms with Crippen LogP contribution in [-0.2, 0) is 65.7 Å². The van der Waals surface area contributed by atoms with Gasteiger partial charge in [0.2, 0.25) is 0 Å². The lowest BCUT2D eigenvalue weighted by Crippen LogP contribution is -2.44. The molecule has 61 heavy (non-hydrogen) atoms. The fraction of sp³-hybridized carbons (Fsp3) is 0.548. The molecule has 346 valence electrons. The van der Waals surface area contributed by atoms with E-state index in [1.165, 1.54) is 12.5 Å². The largest absolute Gasteiger partial charge is 0.464 e. The molecule has 4 N–H and O–H groups in total. The van der Waals surface area contributed by atoms with Crippen molar-refractivity contribution in [1.29, 1.82) is 0 Å². The van der Waals surface area contributed by atoms with Crippen LogP contribution in [-0.4, -0.2) is 100 Å². The number of rotatable bonds is 19. The lowest BCUT2D eigenvalue weighted by Gasteiger charge is -2.22. The number of hydrogen-bond acceptors (Lipinski definition) is 14. The van der Waals surface area contributed by atoms with Gasteiger partial charge in [0.05, 0.1) is 31.4 Å². The van der Waals surface area contributed by atoms with Gasteiger partial charge in [-0.2, -0.15) is 0 Å². The Balaban J connectivity index is 0. The summed E-state index contributed by atoms with van der Waals surface area (Å²) >= 11 is 5.93. The number of benzene rings is 2. The van der Waals surface area contributed by atoms with Crippen molar-refractivity contribution in [3.05, 3.63) is 71.8 Å². The van der Waals surface area contributed by atoms with E-state index < -0.39 is 56.9 Å². The van der Waals surface area contributed by atoms with E-state index in [4.69, 9.17) is 41.3 Å². The van der Waals surface area contributed by atoms with E-state index in [0.29, 0.717) is 25.3 Å². The number of alkyl halides is 1. The molecule has 0 bridgehead atoms. The van der Waals surface area contributed by atoms with Gasteiger partial charge in [-0.1, -0.05) is 65.8 Å². The van der Waals surface area contributed by atoms with Gasteiger partial charge in [0, 0.05) is 24.3 Å². The van der Waals surface area contributed by atoms with Gasteiger partial charge in [0.25, 0.3) is 0 Å². The molecule has 0 spiro atoms. The van der Waals surface area contributed by atoms with Gasteiger partial charge in [-0.3, -0.25) is 13.8 Å². The predicted molar refractivity (Wildman–Crippen MR) is 241 cm³/mol. The highest BCUT2D eigenvalue weighted by atomic mass is 35.5. The standard InChI is InChI=1S/C20H29ClN2O5.C15H27NO6S.C7H9NO.ClH/c1-5-26-18(24)17(22-19(25)28-20(2,3)4)12-11-16(13-21)23-27-14-15-9-7-6-8-10-15;1-7-21-13(18)12(16-14(19)22-15(2,3)4)9-8-11(17)10-23(5,6)20;8-9-6-7-4-2-1-3-5-7;/h6-10,17H,5,11-14H2,1-4H3,(H,22,25);10,12H,7-9H2,1-6H3,(H,16,19);1-5H,6,8H2;1H/b23-16-;;;/t17-;12-;;/m11../s1. The summed E-state index contributed by atoms with van der Waals surface area (Å²) in [5, 5.41) is 10.1. The highest BCUT2D eigenvalue weighted by molar-refractivity contribution is 8.01. The zero-order valence-electron chi connectivity index (χ0n) is 37.0. The minimum atomic E-state index is -2.30. The molecule has 2 aromatic rings. The fourth-order valence-electron chi connectivity index (χ4n) is 4.44. The maximum Gasteiger partial charge on any atom is 0.408 e. The molecular formula is C42H66Cl2N4O12S. The first kappa shape index (κ1) is 58.7. The smallest absolute Gasteiger partial charge is 0.408 e. The lowest BCUT2D eigenvalue weighted by atomic mass is 10.1. The Morgan fingerprint density at radius 1 is 0.738 bits per heavy atom. The Hall–Kier alpha value is -4.42. The van der Waals surface area contributed by atoms with Crippen molar-refractivity contribution in [2.75, 3.05) is 31.6 Å². The number of alkyl carbamates (subject to hydrolysis) is 2. The number of hydrogen-bond donors (Lipinski definition) is 3. The van der Waals surface area contributed by atoms with Gasteiger partial charge >= 0.3 is 24.1 Å². The Morgan fingerprint density at radius 2 is 1.15 bits per heavy atom. The van der Waals surface area contributed by atoms with Crippen LogP contribution >= 0.6 is 24.0 Å². The van der Waals surface area contributed by atoms with Crippen LogP contribution in [0.1, 0.15) is 92.2 Å². The summed E-state index contributed by atoms with van der Waals surface area (Å²) in [4.78, 5) is 69.3. The second kappa shape index (κ2) is 31.4. The van der Waals surface area contributed by atoms with E-state index in [0.717, 1.165) is 16.5 Å². The number of ketones is 1. The SMILES string of the molecule is CCOC(=O)[C@@H](CC/C(CCl)=N/OCc1ccccc1)NC(=O)OC(C)(C)C.CCOC(=O)[C@@H](CCC(=O)C=S(C)(C)=O)NC(=O)OC(C)(C)C.Cl.NOCc1ccccc1. The van der Waals surface area contributed by atoms with Crippen LogP contribution in [0, 0.1) is 0 Å². The van der Waals surface area contributed by atoms with E-state index in [1.54, 1.807) is 55.4 Å². The van der Waals surface area contributed by atoms with E-state index in [9.17, 15) is 28.2 Å². The van der Waals surface area contributed by atoms with E-state index in [2.05, 4.69) is 20.6 Å². The highest BCUT2D eigenvalue weighted by Gasteiger charge is 2.27. The molecule has 0 aromatic heterocycles. The summed E-state index contributed by atoms with van der Waals surface area (Å²) in [6.07, 6.45) is 2.09. The number of nitrogens with two attached hydrogens (primary N) is 1. The number of Topliss-reactive ketones (excluding diaryl/α,β-unsaturated/α-hetero) is 1. The average molecular weight is 922 g/mol. The summed E-state index contributed by atoms with van der Waals surface area (Å²) in [7, 11) is -2.30. The van der Waals surface area contributed by atoms with Crippen LogP contribution in [0.5, 0.6) is 0 Å². The van der Waals surface area contributed by atoms with Crippen molar-refractivity contribution in [1.82, 2.24) is 10.6 Å². The van der Waals surface area contributed by atoms with Crippen molar-refractivity contribution in [2.24, 2.45) is 11.1 Å². The maximum atomic E-state index is 12.1. The molecule has 0 fully saturated rings. The molecule has 0 heterocycles. The van der Waals surface area contributed by atoms with Gasteiger partial charge in [-0.25, -0.2) is 25.1 Å². The summed E-state index contributed by atoms with van der Waals surface area (Å²) in [6.45, 7) is 14.8. The van der Waals surface area contributed by atoms with E-state index in [1.807, 2.05) is 60.7 Å². The fourth-order valence-corrected chi connectivity index (χ4v) is 5.37. The molecule has 2 amide bonds. The minimum absolute atomic E-state index is 0. The third kappa shape index (κ3) is 33.0. The Labute approximate surface area is 372 Å².